The van der Waals surface area contributed by atoms with Crippen LogP contribution in [0, 0.1) is 0 Å². The number of benzene rings is 24. The van der Waals surface area contributed by atoms with E-state index in [0.717, 1.165) is 106 Å². The van der Waals surface area contributed by atoms with E-state index in [1.54, 1.807) is 0 Å². The lowest BCUT2D eigenvalue weighted by atomic mass is 9.91. The van der Waals surface area contributed by atoms with Crippen LogP contribution in [-0.4, -0.2) is 34.9 Å². The third-order valence-corrected chi connectivity index (χ3v) is 27.8. The van der Waals surface area contributed by atoms with Gasteiger partial charge < -0.3 is 0 Å². The van der Waals surface area contributed by atoms with Crippen LogP contribution < -0.4 is 0 Å². The van der Waals surface area contributed by atoms with Gasteiger partial charge in [0.2, 0.25) is 0 Å². The fourth-order valence-corrected chi connectivity index (χ4v) is 20.7. The molecule has 27 aromatic rings. The van der Waals surface area contributed by atoms with E-state index in [2.05, 4.69) is 437 Å². The van der Waals surface area contributed by atoms with Crippen molar-refractivity contribution in [3.8, 4) is 169 Å². The lowest BCUT2D eigenvalue weighted by molar-refractivity contribution is 1.07. The van der Waals surface area contributed by atoms with Crippen molar-refractivity contribution < 1.29 is 0 Å². The zero-order valence-electron chi connectivity index (χ0n) is 78.5. The number of hydrogen-bond donors (Lipinski definition) is 0. The monoisotopic (exact) mass is 1830 g/mol. The van der Waals surface area contributed by atoms with Crippen molar-refractivity contribution in [3.63, 3.8) is 0 Å². The van der Waals surface area contributed by atoms with Crippen LogP contribution in [0.5, 0.6) is 0 Å². The molecule has 144 heavy (non-hydrogen) atoms. The summed E-state index contributed by atoms with van der Waals surface area (Å²) in [6, 6.07) is 191. The molecular weight excluding hydrogens is 1740 g/mol. The Morgan fingerprint density at radius 1 is 0.0833 bits per heavy atom. The third-order valence-electron chi connectivity index (χ3n) is 27.8. The molecule has 672 valence electrons. The Hall–Kier alpha value is -19.2. The molecule has 0 radical (unpaired) electrons. The number of aromatic nitrogens is 7. The zero-order chi connectivity index (χ0) is 95.6. The number of fused-ring (bicyclic) bond motifs is 18. The van der Waals surface area contributed by atoms with Crippen molar-refractivity contribution in [2.75, 3.05) is 0 Å². The lowest BCUT2D eigenvalue weighted by Crippen LogP contribution is -2.01. The average molecular weight is 1830 g/mol. The van der Waals surface area contributed by atoms with E-state index in [1.807, 2.05) is 103 Å². The third kappa shape index (κ3) is 16.8. The lowest BCUT2D eigenvalue weighted by Gasteiger charge is -2.14. The van der Waals surface area contributed by atoms with Crippen molar-refractivity contribution in [1.29, 1.82) is 0 Å². The first-order valence-corrected chi connectivity index (χ1v) is 48.9. The highest BCUT2D eigenvalue weighted by Crippen LogP contribution is 2.46. The molecule has 0 amide bonds. The summed E-state index contributed by atoms with van der Waals surface area (Å²) in [4.78, 5) is 35.2. The second-order valence-electron chi connectivity index (χ2n) is 36.3. The smallest absolute Gasteiger partial charge is 0.164 e. The predicted molar refractivity (Wildman–Crippen MR) is 603 cm³/mol. The summed E-state index contributed by atoms with van der Waals surface area (Å²) >= 11 is 0. The van der Waals surface area contributed by atoms with E-state index in [0.29, 0.717) is 29.1 Å². The van der Waals surface area contributed by atoms with Crippen molar-refractivity contribution in [3.05, 3.63) is 540 Å². The highest BCUT2D eigenvalue weighted by Gasteiger charge is 2.23. The maximum Gasteiger partial charge on any atom is 0.164 e. The Morgan fingerprint density at radius 3 is 0.542 bits per heavy atom. The van der Waals surface area contributed by atoms with Gasteiger partial charge in [-0.25, -0.2) is 34.9 Å². The number of rotatable bonds is 15. The van der Waals surface area contributed by atoms with Crippen molar-refractivity contribution in [2.24, 2.45) is 0 Å². The summed E-state index contributed by atoms with van der Waals surface area (Å²) in [7, 11) is 0. The Morgan fingerprint density at radius 2 is 0.257 bits per heavy atom. The van der Waals surface area contributed by atoms with Gasteiger partial charge in [-0.2, -0.15) is 0 Å². The Bertz CT molecular complexity index is 8370. The highest BCUT2D eigenvalue weighted by atomic mass is 15.0. The minimum atomic E-state index is 0.649. The summed E-state index contributed by atoms with van der Waals surface area (Å²) in [6.45, 7) is 0. The fourth-order valence-electron chi connectivity index (χ4n) is 20.7. The maximum atomic E-state index is 5.11. The van der Waals surface area contributed by atoms with Gasteiger partial charge in [-0.1, -0.05) is 510 Å². The quantitative estimate of drug-likeness (QED) is 0.0945. The van der Waals surface area contributed by atoms with Crippen LogP contribution in [-0.2, 0) is 0 Å². The molecule has 3 heterocycles. The molecule has 0 bridgehead atoms. The Balaban J connectivity index is 0.000000113. The van der Waals surface area contributed by atoms with Gasteiger partial charge in [0.1, 0.15) is 0 Å². The SMILES string of the molecule is c1ccc(-c2cc(-c3ccccc3)nc(-c3ccccc3-c3ccc(-c4ccc5c6ccccc6c6ccccc6c5c4)cc3)n2)cc1.c1ccc(-c2cc(-c3ccccc3-c3ccc(-c4ccc5c6ccccc6c6ccccc6c5c4)cc3)nc(-c3ccccc3)n2)cc1.c1ccc(-c2nc(-c3ccccc3)nc(-c3ccccc3-c3ccc(-c4ccc5c6ccccc6c6ccccc6c5c4)cc3)n2)cc1. The van der Waals surface area contributed by atoms with E-state index in [4.69, 9.17) is 34.9 Å². The minimum absolute atomic E-state index is 0.649. The highest BCUT2D eigenvalue weighted by molar-refractivity contribution is 6.28. The minimum Gasteiger partial charge on any atom is -0.228 e. The van der Waals surface area contributed by atoms with Crippen molar-refractivity contribution in [2.45, 2.75) is 0 Å². The second-order valence-corrected chi connectivity index (χ2v) is 36.3. The van der Waals surface area contributed by atoms with Crippen molar-refractivity contribution in [1.82, 2.24) is 34.9 Å². The van der Waals surface area contributed by atoms with Gasteiger partial charge in [0, 0.05) is 50.1 Å². The topological polar surface area (TPSA) is 90.2 Å². The Labute approximate surface area is 834 Å². The van der Waals surface area contributed by atoms with Gasteiger partial charge in [0.15, 0.2) is 29.1 Å². The van der Waals surface area contributed by atoms with Gasteiger partial charge in [-0.05, 0) is 194 Å². The summed E-state index contributed by atoms with van der Waals surface area (Å²) < 4.78 is 0. The molecule has 0 aliphatic carbocycles. The first-order chi connectivity index (χ1) is 71.4. The van der Waals surface area contributed by atoms with Gasteiger partial charge >= 0.3 is 0 Å². The zero-order valence-corrected chi connectivity index (χ0v) is 78.5. The van der Waals surface area contributed by atoms with Gasteiger partial charge in [0.05, 0.1) is 22.8 Å². The molecule has 0 unspecified atom stereocenters. The van der Waals surface area contributed by atoms with Crippen LogP contribution >= 0.6 is 0 Å². The Kier molecular flexibility index (Phi) is 23.0. The summed E-state index contributed by atoms with van der Waals surface area (Å²) in [5.41, 5.74) is 26.6. The molecule has 0 atom stereocenters. The fraction of sp³-hybridized carbons (Fsp3) is 0. The van der Waals surface area contributed by atoms with Crippen LogP contribution in [0.2, 0.25) is 0 Å². The van der Waals surface area contributed by atoms with Crippen LogP contribution in [0.25, 0.3) is 266 Å². The van der Waals surface area contributed by atoms with E-state index < -0.39 is 0 Å². The number of hydrogen-bond acceptors (Lipinski definition) is 7. The molecule has 24 aromatic carbocycles. The molecule has 0 aliphatic heterocycles. The van der Waals surface area contributed by atoms with Crippen LogP contribution in [0.4, 0.5) is 0 Å². The molecule has 27 rings (SSSR count). The summed E-state index contributed by atoms with van der Waals surface area (Å²) in [6.07, 6.45) is 0. The van der Waals surface area contributed by atoms with Crippen LogP contribution in [0.1, 0.15) is 0 Å². The second kappa shape index (κ2) is 38.3. The molecule has 0 fully saturated rings. The maximum absolute atomic E-state index is 5.11. The van der Waals surface area contributed by atoms with E-state index >= 15 is 0 Å². The normalized spacial score (nSPS) is 11.3. The molecule has 7 nitrogen and oxygen atoms in total. The molecule has 0 spiro atoms. The molecule has 0 N–H and O–H groups in total. The van der Waals surface area contributed by atoms with E-state index in [1.165, 1.54) is 130 Å². The first-order valence-electron chi connectivity index (χ1n) is 48.9. The molecule has 0 saturated carbocycles. The summed E-state index contributed by atoms with van der Waals surface area (Å²) in [5.74, 6) is 3.38. The van der Waals surface area contributed by atoms with Crippen LogP contribution in [0.3, 0.4) is 0 Å². The summed E-state index contributed by atoms with van der Waals surface area (Å²) in [5, 5.41) is 23.2. The van der Waals surface area contributed by atoms with E-state index in [-0.39, 0.29) is 0 Å². The molecule has 0 saturated heterocycles. The average Bonchev–Trinajstić information content (AvgIpc) is 0.755. The molecule has 3 aromatic heterocycles. The largest absolute Gasteiger partial charge is 0.228 e. The number of nitrogens with zero attached hydrogens (tertiary/aromatic N) is 7. The first kappa shape index (κ1) is 86.4. The van der Waals surface area contributed by atoms with E-state index in [9.17, 15) is 0 Å². The van der Waals surface area contributed by atoms with Gasteiger partial charge in [-0.3, -0.25) is 0 Å². The van der Waals surface area contributed by atoms with Gasteiger partial charge in [0.25, 0.3) is 0 Å². The molecular formula is C137H89N7. The predicted octanol–water partition coefficient (Wildman–Crippen LogP) is 36.2. The van der Waals surface area contributed by atoms with Crippen molar-refractivity contribution >= 4 is 97.0 Å². The molecule has 0 aliphatic rings. The van der Waals surface area contributed by atoms with Gasteiger partial charge in [-0.15, -0.1) is 0 Å². The standard InChI is InChI=1S/2C46H30N2.C45H29N3/c1-3-13-33(14-4-1)44-30-45(48-46(47-44)34-15-5-2-6-16-34)42-22-12-7-17-36(42)32-25-23-31(24-26-32)35-27-28-41-39-20-9-8-18-37(39)38-19-10-11-21-40(38)43(41)29-35;1-3-13-33(14-4-1)44-30-45(34-15-5-2-6-16-34)48-46(47-44)42-22-12-7-17-36(42)32-25-23-31(24-26-32)35-27-28-41-39-20-9-8-18-37(39)38-19-10-11-21-40(38)43(41)29-35;1-3-13-32(14-4-1)43-46-44(33-15-5-2-6-16-33)48-45(47-43)41-22-12-7-17-35(41)31-25-23-30(24-26-31)34-27-28-40-38-20-9-8-18-36(38)37-19-10-11-21-39(37)42(40)29-34/h2*1-30H;1-29H. The molecule has 7 heteroatoms. The van der Waals surface area contributed by atoms with Crippen LogP contribution in [0.15, 0.2) is 540 Å².